The molecule has 4 nitrogen and oxygen atoms in total. The molecule has 0 fully saturated rings. The van der Waals surface area contributed by atoms with Gasteiger partial charge in [-0.2, -0.15) is 0 Å². The lowest BCUT2D eigenvalue weighted by Gasteiger charge is -2.12. The van der Waals surface area contributed by atoms with Gasteiger partial charge >= 0.3 is 0 Å². The van der Waals surface area contributed by atoms with Gasteiger partial charge in [0, 0.05) is 0 Å². The molecule has 1 N–H and O–H groups in total. The van der Waals surface area contributed by atoms with Gasteiger partial charge in [-0.3, -0.25) is 4.90 Å². The van der Waals surface area contributed by atoms with Gasteiger partial charge in [0.1, 0.15) is 17.3 Å². The summed E-state index contributed by atoms with van der Waals surface area (Å²) in [6.07, 6.45) is 1.70. The van der Waals surface area contributed by atoms with Crippen molar-refractivity contribution in [2.75, 3.05) is 13.6 Å². The van der Waals surface area contributed by atoms with Gasteiger partial charge < -0.3 is 14.2 Å². The van der Waals surface area contributed by atoms with E-state index in [-0.39, 0.29) is 0 Å². The Hall–Kier alpha value is -1.52. The van der Waals surface area contributed by atoms with Crippen LogP contribution in [-0.2, 0) is 19.6 Å². The van der Waals surface area contributed by atoms with Gasteiger partial charge in [-0.1, -0.05) is 6.92 Å². The van der Waals surface area contributed by atoms with Gasteiger partial charge in [0.05, 0.1) is 25.9 Å². The normalized spacial score (nSPS) is 11.3. The van der Waals surface area contributed by atoms with E-state index < -0.39 is 0 Å². The smallest absolute Gasteiger partial charge is 0.118 e. The van der Waals surface area contributed by atoms with Gasteiger partial charge in [0.25, 0.3) is 0 Å². The minimum absolute atomic E-state index is 0.785. The second-order valence-electron chi connectivity index (χ2n) is 4.40. The second-order valence-corrected chi connectivity index (χ2v) is 4.40. The second kappa shape index (κ2) is 6.42. The van der Waals surface area contributed by atoms with Gasteiger partial charge in [0.15, 0.2) is 0 Å². The van der Waals surface area contributed by atoms with E-state index in [0.717, 1.165) is 43.5 Å². The maximum atomic E-state index is 5.74. The zero-order valence-corrected chi connectivity index (χ0v) is 11.0. The molecule has 0 unspecified atom stereocenters. The fraction of sp³-hybridized carbons (Fsp3) is 0.429. The molecule has 0 radical (unpaired) electrons. The van der Waals surface area contributed by atoms with E-state index in [1.807, 2.05) is 24.3 Å². The standard InChI is InChI=1S/C14H20N2O2/c1-3-15-9-12-6-7-14(18-12)11-16(2)10-13-5-4-8-17-13/h4-8,15H,3,9-11H2,1-2H3. The third kappa shape index (κ3) is 3.75. The number of furan rings is 2. The van der Waals surface area contributed by atoms with E-state index in [9.17, 15) is 0 Å². The maximum absolute atomic E-state index is 5.74. The molecule has 2 heterocycles. The summed E-state index contributed by atoms with van der Waals surface area (Å²) in [6, 6.07) is 7.95. The van der Waals surface area contributed by atoms with E-state index in [2.05, 4.69) is 24.2 Å². The first-order valence-corrected chi connectivity index (χ1v) is 6.27. The van der Waals surface area contributed by atoms with Crippen LogP contribution in [0.5, 0.6) is 0 Å². The van der Waals surface area contributed by atoms with E-state index in [4.69, 9.17) is 8.83 Å². The lowest BCUT2D eigenvalue weighted by atomic mass is 10.3. The van der Waals surface area contributed by atoms with Crippen LogP contribution in [0, 0.1) is 0 Å². The molecule has 0 aliphatic carbocycles. The minimum atomic E-state index is 0.785. The Labute approximate surface area is 108 Å². The third-order valence-corrected chi connectivity index (χ3v) is 2.70. The molecule has 2 aromatic heterocycles. The van der Waals surface area contributed by atoms with Gasteiger partial charge in [-0.05, 0) is 37.9 Å². The molecular weight excluding hydrogens is 228 g/mol. The van der Waals surface area contributed by atoms with Crippen LogP contribution in [0.3, 0.4) is 0 Å². The van der Waals surface area contributed by atoms with Gasteiger partial charge in [0.2, 0.25) is 0 Å². The molecule has 0 aliphatic rings. The molecule has 0 amide bonds. The molecule has 0 atom stereocenters. The van der Waals surface area contributed by atoms with Crippen molar-refractivity contribution in [2.24, 2.45) is 0 Å². The summed E-state index contributed by atoms with van der Waals surface area (Å²) in [5.74, 6) is 2.94. The predicted octanol–water partition coefficient (Wildman–Crippen LogP) is 2.61. The summed E-state index contributed by atoms with van der Waals surface area (Å²) in [5.41, 5.74) is 0. The first-order valence-electron chi connectivity index (χ1n) is 6.27. The Bertz CT molecular complexity index is 448. The van der Waals surface area contributed by atoms with Gasteiger partial charge in [-0.25, -0.2) is 0 Å². The SMILES string of the molecule is CCNCc1ccc(CN(C)Cc2ccco2)o1. The van der Waals surface area contributed by atoms with Crippen LogP contribution in [0.1, 0.15) is 24.2 Å². The lowest BCUT2D eigenvalue weighted by molar-refractivity contribution is 0.261. The Morgan fingerprint density at radius 1 is 1.11 bits per heavy atom. The van der Waals surface area contributed by atoms with Crippen molar-refractivity contribution in [3.63, 3.8) is 0 Å². The molecule has 0 spiro atoms. The molecule has 0 aromatic carbocycles. The number of hydrogen-bond donors (Lipinski definition) is 1. The fourth-order valence-electron chi connectivity index (χ4n) is 1.84. The molecule has 4 heteroatoms. The van der Waals surface area contributed by atoms with Crippen LogP contribution < -0.4 is 5.32 Å². The molecule has 98 valence electrons. The highest BCUT2D eigenvalue weighted by atomic mass is 16.3. The molecule has 0 bridgehead atoms. The van der Waals surface area contributed by atoms with Crippen molar-refractivity contribution < 1.29 is 8.83 Å². The van der Waals surface area contributed by atoms with Crippen molar-refractivity contribution in [3.05, 3.63) is 47.8 Å². The van der Waals surface area contributed by atoms with Crippen molar-refractivity contribution >= 4 is 0 Å². The van der Waals surface area contributed by atoms with Crippen LogP contribution in [0.2, 0.25) is 0 Å². The van der Waals surface area contributed by atoms with E-state index in [0.29, 0.717) is 0 Å². The van der Waals surface area contributed by atoms with Crippen LogP contribution in [0.15, 0.2) is 39.4 Å². The van der Waals surface area contributed by atoms with Crippen molar-refractivity contribution in [1.82, 2.24) is 10.2 Å². The quantitative estimate of drug-likeness (QED) is 0.817. The first-order chi connectivity index (χ1) is 8.78. The van der Waals surface area contributed by atoms with E-state index in [1.54, 1.807) is 6.26 Å². The summed E-state index contributed by atoms with van der Waals surface area (Å²) >= 11 is 0. The average molecular weight is 248 g/mol. The van der Waals surface area contributed by atoms with E-state index in [1.165, 1.54) is 0 Å². The highest BCUT2D eigenvalue weighted by Crippen LogP contribution is 2.12. The summed E-state index contributed by atoms with van der Waals surface area (Å²) < 4.78 is 11.1. The fourth-order valence-corrected chi connectivity index (χ4v) is 1.84. The monoisotopic (exact) mass is 248 g/mol. The Balaban J connectivity index is 1.83. The molecule has 0 saturated carbocycles. The topological polar surface area (TPSA) is 41.5 Å². The average Bonchev–Trinajstić information content (AvgIpc) is 2.98. The van der Waals surface area contributed by atoms with Crippen LogP contribution in [0.25, 0.3) is 0 Å². The summed E-state index contributed by atoms with van der Waals surface area (Å²) in [4.78, 5) is 2.16. The zero-order valence-electron chi connectivity index (χ0n) is 11.0. The van der Waals surface area contributed by atoms with E-state index >= 15 is 0 Å². The van der Waals surface area contributed by atoms with Crippen LogP contribution in [-0.4, -0.2) is 18.5 Å². The van der Waals surface area contributed by atoms with Crippen molar-refractivity contribution in [1.29, 1.82) is 0 Å². The van der Waals surface area contributed by atoms with Crippen molar-refractivity contribution in [2.45, 2.75) is 26.6 Å². The molecule has 0 aliphatic heterocycles. The summed E-state index contributed by atoms with van der Waals surface area (Å²) in [5, 5.41) is 3.25. The molecule has 18 heavy (non-hydrogen) atoms. The Kier molecular flexibility index (Phi) is 4.61. The lowest BCUT2D eigenvalue weighted by Crippen LogP contribution is -2.16. The highest BCUT2D eigenvalue weighted by Gasteiger charge is 2.07. The van der Waals surface area contributed by atoms with Crippen molar-refractivity contribution in [3.8, 4) is 0 Å². The largest absolute Gasteiger partial charge is 0.468 e. The zero-order chi connectivity index (χ0) is 12.8. The molecule has 0 saturated heterocycles. The molecule has 2 rings (SSSR count). The molecule has 2 aromatic rings. The first kappa shape index (κ1) is 12.9. The number of rotatable bonds is 7. The third-order valence-electron chi connectivity index (χ3n) is 2.70. The summed E-state index contributed by atoms with van der Waals surface area (Å²) in [7, 11) is 2.05. The maximum Gasteiger partial charge on any atom is 0.118 e. The number of nitrogens with zero attached hydrogens (tertiary/aromatic N) is 1. The van der Waals surface area contributed by atoms with Crippen LogP contribution in [0.4, 0.5) is 0 Å². The summed E-state index contributed by atoms with van der Waals surface area (Å²) in [6.45, 7) is 5.40. The predicted molar refractivity (Wildman–Crippen MR) is 70.0 cm³/mol. The minimum Gasteiger partial charge on any atom is -0.468 e. The number of nitrogens with one attached hydrogen (secondary N) is 1. The Morgan fingerprint density at radius 3 is 2.61 bits per heavy atom. The van der Waals surface area contributed by atoms with Crippen LogP contribution >= 0.6 is 0 Å². The molecular formula is C14H20N2O2. The highest BCUT2D eigenvalue weighted by molar-refractivity contribution is 5.07. The van der Waals surface area contributed by atoms with Gasteiger partial charge in [-0.15, -0.1) is 0 Å². The Morgan fingerprint density at radius 2 is 1.89 bits per heavy atom. The number of hydrogen-bond acceptors (Lipinski definition) is 4.